The second-order valence-corrected chi connectivity index (χ2v) is 15.3. The number of halogens is 3. The van der Waals surface area contributed by atoms with Crippen LogP contribution in [0.25, 0.3) is 49.8 Å². The summed E-state index contributed by atoms with van der Waals surface area (Å²) >= 11 is 0. The summed E-state index contributed by atoms with van der Waals surface area (Å²) < 4.78 is 48.6. The van der Waals surface area contributed by atoms with Gasteiger partial charge in [-0.25, -0.2) is 0 Å². The number of rotatable bonds is 12. The van der Waals surface area contributed by atoms with E-state index < -0.39 is 11.7 Å². The molecule has 0 saturated carbocycles. The molecule has 0 unspecified atom stereocenters. The van der Waals surface area contributed by atoms with E-state index in [1.807, 2.05) is 89.8 Å². The average molecular weight is 829 g/mol. The highest BCUT2D eigenvalue weighted by molar-refractivity contribution is 6.10. The predicted molar refractivity (Wildman–Crippen MR) is 256 cm³/mol. The highest BCUT2D eigenvalue weighted by Crippen LogP contribution is 2.45. The topological polar surface area (TPSA) is 19.6 Å². The van der Waals surface area contributed by atoms with E-state index in [1.54, 1.807) is 12.1 Å². The number of nitrogens with zero attached hydrogens (tertiary/aromatic N) is 2. The molecule has 0 aliphatic carbocycles. The van der Waals surface area contributed by atoms with E-state index in [1.165, 1.54) is 6.07 Å². The number of hydrogen-bond donors (Lipinski definition) is 0. The summed E-state index contributed by atoms with van der Waals surface area (Å²) in [6.07, 6.45) is -0.0437. The summed E-state index contributed by atoms with van der Waals surface area (Å²) in [5.41, 5.74) is 11.7. The summed E-state index contributed by atoms with van der Waals surface area (Å²) in [4.78, 5) is 4.20. The van der Waals surface area contributed by atoms with Gasteiger partial charge < -0.3 is 14.2 Å². The van der Waals surface area contributed by atoms with Crippen molar-refractivity contribution in [3.63, 3.8) is 0 Å². The molecule has 0 atom stereocenters. The van der Waals surface area contributed by atoms with Crippen molar-refractivity contribution >= 4 is 55.9 Å². The molecule has 0 aliphatic heterocycles. The SMILES string of the molecule is C=C(/C=C\C(=C)N(c1ccccc1CC)c1cccc2c1oc1c(C(F)(F)F)cccc12)c1ccc(N(c2ccc(-c3ccccc3)cc2)c2ccc(-c3ccccc3)cc2)cc1. The minimum absolute atomic E-state index is 0.193. The molecular weight excluding hydrogens is 786 g/mol. The molecule has 63 heavy (non-hydrogen) atoms. The first-order chi connectivity index (χ1) is 30.7. The van der Waals surface area contributed by atoms with Gasteiger partial charge in [-0.05, 0) is 106 Å². The minimum atomic E-state index is -4.58. The third-order valence-corrected chi connectivity index (χ3v) is 11.4. The number of para-hydroxylation sites is 3. The number of alkyl halides is 3. The van der Waals surface area contributed by atoms with Crippen molar-refractivity contribution in [1.82, 2.24) is 0 Å². The lowest BCUT2D eigenvalue weighted by Crippen LogP contribution is -2.16. The summed E-state index contributed by atoms with van der Waals surface area (Å²) in [7, 11) is 0. The quantitative estimate of drug-likeness (QED) is 0.114. The fourth-order valence-electron chi connectivity index (χ4n) is 8.18. The van der Waals surface area contributed by atoms with Crippen LogP contribution in [0.4, 0.5) is 41.6 Å². The number of hydrogen-bond acceptors (Lipinski definition) is 3. The fourth-order valence-corrected chi connectivity index (χ4v) is 8.18. The summed E-state index contributed by atoms with van der Waals surface area (Å²) in [6, 6.07) is 63.8. The molecule has 0 bridgehead atoms. The van der Waals surface area contributed by atoms with Gasteiger partial charge in [-0.15, -0.1) is 0 Å². The van der Waals surface area contributed by atoms with Crippen LogP contribution in [-0.4, -0.2) is 0 Å². The van der Waals surface area contributed by atoms with Crippen molar-refractivity contribution in [2.45, 2.75) is 19.5 Å². The largest absolute Gasteiger partial charge is 0.453 e. The maximum absolute atomic E-state index is 14.2. The molecule has 0 aliphatic rings. The molecule has 3 nitrogen and oxygen atoms in total. The van der Waals surface area contributed by atoms with Gasteiger partial charge in [-0.2, -0.15) is 13.2 Å². The van der Waals surface area contributed by atoms with Gasteiger partial charge in [0, 0.05) is 39.2 Å². The van der Waals surface area contributed by atoms with Crippen LogP contribution in [0.3, 0.4) is 0 Å². The zero-order valence-electron chi connectivity index (χ0n) is 34.7. The van der Waals surface area contributed by atoms with E-state index in [9.17, 15) is 13.2 Å². The van der Waals surface area contributed by atoms with Crippen LogP contribution in [0.2, 0.25) is 0 Å². The van der Waals surface area contributed by atoms with Crippen LogP contribution < -0.4 is 9.80 Å². The van der Waals surface area contributed by atoms with E-state index in [0.29, 0.717) is 27.7 Å². The summed E-state index contributed by atoms with van der Waals surface area (Å²) in [6.45, 7) is 11.0. The molecule has 9 aromatic rings. The molecule has 1 aromatic heterocycles. The molecule has 308 valence electrons. The van der Waals surface area contributed by atoms with Crippen molar-refractivity contribution in [2.24, 2.45) is 0 Å². The zero-order chi connectivity index (χ0) is 43.5. The smallest absolute Gasteiger partial charge is 0.420 e. The standard InChI is InChI=1S/C57H43F3N2O/c1-4-41-15-11-12-23-53(41)61(54-24-14-21-51-50-20-13-22-52(57(58,59)60)55(50)63-56(51)54)40(3)26-25-39(2)42-27-33-47(34-28-42)62(48-35-29-45(30-36-48)43-16-7-5-8-17-43)49-37-31-46(32-38-49)44-18-9-6-10-19-44/h5-38H,2-4H2,1H3/b26-25-. The molecule has 0 spiro atoms. The Bertz CT molecular complexity index is 3010. The third kappa shape index (κ3) is 8.19. The van der Waals surface area contributed by atoms with Crippen LogP contribution in [0, 0.1) is 0 Å². The van der Waals surface area contributed by atoms with Gasteiger partial charge in [0.05, 0.1) is 11.3 Å². The summed E-state index contributed by atoms with van der Waals surface area (Å²) in [5.74, 6) is 0. The number of allylic oxidation sites excluding steroid dienone is 3. The minimum Gasteiger partial charge on any atom is -0.453 e. The van der Waals surface area contributed by atoms with Crippen LogP contribution in [0.1, 0.15) is 23.6 Å². The van der Waals surface area contributed by atoms with Crippen molar-refractivity contribution in [3.8, 4) is 22.3 Å². The van der Waals surface area contributed by atoms with E-state index in [2.05, 4.69) is 122 Å². The Morgan fingerprint density at radius 1 is 0.508 bits per heavy atom. The fraction of sp³-hybridized carbons (Fsp3) is 0.0526. The van der Waals surface area contributed by atoms with Crippen molar-refractivity contribution < 1.29 is 17.6 Å². The van der Waals surface area contributed by atoms with E-state index >= 15 is 0 Å². The molecular formula is C57H43F3N2O. The molecule has 6 heteroatoms. The van der Waals surface area contributed by atoms with Crippen molar-refractivity contribution in [2.75, 3.05) is 9.80 Å². The van der Waals surface area contributed by atoms with Crippen molar-refractivity contribution in [3.05, 3.63) is 242 Å². The van der Waals surface area contributed by atoms with Gasteiger partial charge >= 0.3 is 6.18 Å². The number of anilines is 5. The van der Waals surface area contributed by atoms with E-state index in [0.717, 1.165) is 74.2 Å². The highest BCUT2D eigenvalue weighted by atomic mass is 19.4. The lowest BCUT2D eigenvalue weighted by atomic mass is 10.0. The van der Waals surface area contributed by atoms with Crippen LogP contribution in [0.15, 0.2) is 230 Å². The monoisotopic (exact) mass is 828 g/mol. The van der Waals surface area contributed by atoms with E-state index in [-0.39, 0.29) is 5.58 Å². The Morgan fingerprint density at radius 2 is 0.984 bits per heavy atom. The molecule has 0 amide bonds. The Morgan fingerprint density at radius 3 is 1.54 bits per heavy atom. The van der Waals surface area contributed by atoms with Crippen LogP contribution in [0.5, 0.6) is 0 Å². The molecule has 0 N–H and O–H groups in total. The van der Waals surface area contributed by atoms with Crippen molar-refractivity contribution in [1.29, 1.82) is 0 Å². The Labute approximate surface area is 365 Å². The third-order valence-electron chi connectivity index (χ3n) is 11.4. The van der Waals surface area contributed by atoms with Gasteiger partial charge in [0.15, 0.2) is 5.58 Å². The maximum atomic E-state index is 14.2. The molecule has 9 rings (SSSR count). The zero-order valence-corrected chi connectivity index (χ0v) is 34.7. The first-order valence-corrected chi connectivity index (χ1v) is 20.8. The van der Waals surface area contributed by atoms with Gasteiger partial charge in [0.2, 0.25) is 0 Å². The molecule has 0 radical (unpaired) electrons. The van der Waals surface area contributed by atoms with Crippen LogP contribution in [-0.2, 0) is 12.6 Å². The second-order valence-electron chi connectivity index (χ2n) is 15.3. The number of furan rings is 1. The first kappa shape index (κ1) is 40.6. The molecule has 1 heterocycles. The number of benzene rings is 8. The second kappa shape index (κ2) is 17.3. The first-order valence-electron chi connectivity index (χ1n) is 20.8. The number of fused-ring (bicyclic) bond motifs is 3. The Kier molecular flexibility index (Phi) is 11.1. The number of aryl methyl sites for hydroxylation is 1. The Hall–Kier alpha value is -7.83. The van der Waals surface area contributed by atoms with Gasteiger partial charge in [-0.1, -0.05) is 166 Å². The highest BCUT2D eigenvalue weighted by Gasteiger charge is 2.35. The summed E-state index contributed by atoms with van der Waals surface area (Å²) in [5, 5.41) is 0.984. The van der Waals surface area contributed by atoms with Gasteiger partial charge in [-0.3, -0.25) is 0 Å². The van der Waals surface area contributed by atoms with Gasteiger partial charge in [0.25, 0.3) is 0 Å². The van der Waals surface area contributed by atoms with Crippen LogP contribution >= 0.6 is 0 Å². The lowest BCUT2D eigenvalue weighted by Gasteiger charge is -2.28. The van der Waals surface area contributed by atoms with E-state index in [4.69, 9.17) is 4.42 Å². The molecule has 0 saturated heterocycles. The Balaban J connectivity index is 1.04. The average Bonchev–Trinajstić information content (AvgIpc) is 3.72. The normalized spacial score (nSPS) is 11.6. The predicted octanol–water partition coefficient (Wildman–Crippen LogP) is 16.9. The maximum Gasteiger partial charge on any atom is 0.420 e. The van der Waals surface area contributed by atoms with Gasteiger partial charge in [0.1, 0.15) is 5.58 Å². The molecule has 8 aromatic carbocycles. The lowest BCUT2D eigenvalue weighted by molar-refractivity contribution is -0.136. The molecule has 0 fully saturated rings.